The van der Waals surface area contributed by atoms with E-state index < -0.39 is 5.92 Å². The van der Waals surface area contributed by atoms with Crippen LogP contribution in [-0.2, 0) is 20.8 Å². The highest BCUT2D eigenvalue weighted by molar-refractivity contribution is 5.99. The first-order valence-corrected chi connectivity index (χ1v) is 18.9. The Kier molecular flexibility index (Phi) is 11.6. The van der Waals surface area contributed by atoms with Crippen molar-refractivity contribution in [3.05, 3.63) is 53.1 Å². The third-order valence-corrected chi connectivity index (χ3v) is 12.0. The Morgan fingerprint density at radius 2 is 1.71 bits per heavy atom. The van der Waals surface area contributed by atoms with Crippen molar-refractivity contribution in [1.29, 1.82) is 0 Å². The Hall–Kier alpha value is -2.98. The van der Waals surface area contributed by atoms with Crippen LogP contribution in [0.1, 0.15) is 87.2 Å². The molecule has 4 saturated heterocycles. The lowest BCUT2D eigenvalue weighted by Gasteiger charge is -2.37. The maximum Gasteiger partial charge on any atom is 0.251 e. The molecule has 0 aliphatic carbocycles. The molecule has 4 aliphatic heterocycles. The number of nitrogens with one attached hydrogen (secondary N) is 1. The number of carbonyl (C=O) groups excluding carboxylic acids is 2. The number of fused-ring (bicyclic) bond motifs is 1. The van der Waals surface area contributed by atoms with Gasteiger partial charge >= 0.3 is 0 Å². The zero-order valence-corrected chi connectivity index (χ0v) is 30.2. The van der Waals surface area contributed by atoms with E-state index in [2.05, 4.69) is 66.2 Å². The standard InChI is InChI=1S/C40H58N4O5/c1-5-7-8-9-16-40-29(4)44(40)39(47)35(36(40)27-45)25-41-38(46)34-23-32(24-37(28(34)3)43(6-2)33-14-19-48-20-15-33)31-12-10-30(11-13-31)26-42-17-21-49-22-18-42/h10-13,23-24,29,33,35-36,45H,5-9,14-22,25-27H2,1-4H3,(H,41,46). The first kappa shape index (κ1) is 35.8. The van der Waals surface area contributed by atoms with Gasteiger partial charge in [-0.15, -0.1) is 0 Å². The number of piperidine rings is 1. The lowest BCUT2D eigenvalue weighted by atomic mass is 9.78. The molecule has 9 nitrogen and oxygen atoms in total. The molecule has 0 spiro atoms. The minimum Gasteiger partial charge on any atom is -0.396 e. The van der Waals surface area contributed by atoms with Gasteiger partial charge < -0.3 is 29.7 Å². The van der Waals surface area contributed by atoms with E-state index >= 15 is 0 Å². The molecule has 9 heteroatoms. The number of carbonyl (C=O) groups is 2. The van der Waals surface area contributed by atoms with Gasteiger partial charge in [0.1, 0.15) is 0 Å². The van der Waals surface area contributed by atoms with Crippen molar-refractivity contribution >= 4 is 17.5 Å². The van der Waals surface area contributed by atoms with E-state index in [1.54, 1.807) is 0 Å². The summed E-state index contributed by atoms with van der Waals surface area (Å²) in [6.07, 6.45) is 7.38. The predicted molar refractivity (Wildman–Crippen MR) is 194 cm³/mol. The van der Waals surface area contributed by atoms with Gasteiger partial charge in [0.15, 0.2) is 0 Å². The minimum atomic E-state index is -0.410. The number of nitrogens with zero attached hydrogens (tertiary/aromatic N) is 3. The number of ether oxygens (including phenoxy) is 2. The highest BCUT2D eigenvalue weighted by Crippen LogP contribution is 2.58. The molecule has 268 valence electrons. The van der Waals surface area contributed by atoms with Crippen molar-refractivity contribution < 1.29 is 24.2 Å². The van der Waals surface area contributed by atoms with Crippen molar-refractivity contribution in [2.45, 2.75) is 96.8 Å². The smallest absolute Gasteiger partial charge is 0.251 e. The fourth-order valence-corrected chi connectivity index (χ4v) is 9.09. The Balaban J connectivity index is 1.24. The molecule has 4 heterocycles. The van der Waals surface area contributed by atoms with Crippen LogP contribution in [-0.4, -0.2) is 104 Å². The summed E-state index contributed by atoms with van der Waals surface area (Å²) in [7, 11) is 0. The van der Waals surface area contributed by atoms with Gasteiger partial charge in [0.2, 0.25) is 5.91 Å². The van der Waals surface area contributed by atoms with Crippen LogP contribution < -0.4 is 10.2 Å². The summed E-state index contributed by atoms with van der Waals surface area (Å²) in [4.78, 5) is 34.6. The normalized spacial score (nSPS) is 25.8. The highest BCUT2D eigenvalue weighted by atomic mass is 16.5. The van der Waals surface area contributed by atoms with Gasteiger partial charge in [-0.05, 0) is 74.4 Å². The highest BCUT2D eigenvalue weighted by Gasteiger charge is 2.73. The van der Waals surface area contributed by atoms with E-state index in [9.17, 15) is 14.7 Å². The number of aliphatic hydroxyl groups excluding tert-OH is 1. The molecule has 0 aromatic heterocycles. The summed E-state index contributed by atoms with van der Waals surface area (Å²) in [5.41, 5.74) is 5.73. The number of rotatable bonds is 15. The second-order valence-electron chi connectivity index (χ2n) is 14.7. The minimum absolute atomic E-state index is 0.0440. The fraction of sp³-hybridized carbons (Fsp3) is 0.650. The molecule has 49 heavy (non-hydrogen) atoms. The molecule has 2 N–H and O–H groups in total. The Morgan fingerprint density at radius 3 is 2.39 bits per heavy atom. The van der Waals surface area contributed by atoms with Crippen LogP contribution >= 0.6 is 0 Å². The Morgan fingerprint density at radius 1 is 1.00 bits per heavy atom. The van der Waals surface area contributed by atoms with E-state index in [1.165, 1.54) is 12.0 Å². The van der Waals surface area contributed by atoms with E-state index in [1.807, 2.05) is 17.9 Å². The molecule has 0 radical (unpaired) electrons. The predicted octanol–water partition coefficient (Wildman–Crippen LogP) is 5.41. The third-order valence-electron chi connectivity index (χ3n) is 12.0. The SMILES string of the molecule is CCCCCCC12C(CO)C(CNC(=O)c3cc(-c4ccc(CN5CCOCC5)cc4)cc(N(CC)C4CCOCC4)c3C)C(=O)N1C2C. The first-order chi connectivity index (χ1) is 23.8. The number of benzene rings is 2. The average molecular weight is 675 g/mol. The Bertz CT molecular complexity index is 1440. The van der Waals surface area contributed by atoms with E-state index in [0.29, 0.717) is 11.6 Å². The van der Waals surface area contributed by atoms with Crippen LogP contribution in [0.25, 0.3) is 11.1 Å². The van der Waals surface area contributed by atoms with Crippen LogP contribution in [0.15, 0.2) is 36.4 Å². The van der Waals surface area contributed by atoms with E-state index in [0.717, 1.165) is 114 Å². The second kappa shape index (κ2) is 15.9. The number of unbranched alkanes of at least 4 members (excludes halogenated alkanes) is 3. The molecule has 6 rings (SSSR count). The summed E-state index contributed by atoms with van der Waals surface area (Å²) in [6, 6.07) is 13.5. The topological polar surface area (TPSA) is 94.4 Å². The lowest BCUT2D eigenvalue weighted by molar-refractivity contribution is -0.128. The van der Waals surface area contributed by atoms with Gasteiger partial charge in [0.05, 0.1) is 30.7 Å². The van der Waals surface area contributed by atoms with Crippen LogP contribution in [0, 0.1) is 18.8 Å². The molecule has 0 bridgehead atoms. The summed E-state index contributed by atoms with van der Waals surface area (Å²) >= 11 is 0. The number of hydrogen-bond donors (Lipinski definition) is 2. The molecule has 4 aliphatic rings. The van der Waals surface area contributed by atoms with Gasteiger partial charge in [-0.2, -0.15) is 0 Å². The molecule has 4 unspecified atom stereocenters. The van der Waals surface area contributed by atoms with E-state index in [-0.39, 0.29) is 42.5 Å². The number of hydrogen-bond acceptors (Lipinski definition) is 7. The maximum absolute atomic E-state index is 14.2. The zero-order valence-electron chi connectivity index (χ0n) is 30.2. The van der Waals surface area contributed by atoms with Crippen molar-refractivity contribution in [3.63, 3.8) is 0 Å². The second-order valence-corrected chi connectivity index (χ2v) is 14.7. The Labute approximate surface area is 293 Å². The van der Waals surface area contributed by atoms with Crippen molar-refractivity contribution in [3.8, 4) is 11.1 Å². The molecule has 4 fully saturated rings. The van der Waals surface area contributed by atoms with Crippen LogP contribution in [0.4, 0.5) is 5.69 Å². The van der Waals surface area contributed by atoms with Gasteiger partial charge in [-0.3, -0.25) is 14.5 Å². The monoisotopic (exact) mass is 674 g/mol. The largest absolute Gasteiger partial charge is 0.396 e. The van der Waals surface area contributed by atoms with Crippen LogP contribution in [0.5, 0.6) is 0 Å². The molecule has 2 aromatic carbocycles. The average Bonchev–Trinajstić information content (AvgIpc) is 3.63. The quantitative estimate of drug-likeness (QED) is 0.193. The molecular formula is C40H58N4O5. The van der Waals surface area contributed by atoms with Gasteiger partial charge in [-0.25, -0.2) is 0 Å². The molecule has 2 amide bonds. The molecule has 2 aromatic rings. The van der Waals surface area contributed by atoms with Crippen LogP contribution in [0.2, 0.25) is 0 Å². The summed E-state index contributed by atoms with van der Waals surface area (Å²) in [5.74, 6) is -0.673. The number of morpholine rings is 1. The first-order valence-electron chi connectivity index (χ1n) is 18.9. The zero-order chi connectivity index (χ0) is 34.5. The van der Waals surface area contributed by atoms with Gasteiger partial charge in [-0.1, -0.05) is 56.9 Å². The molecule has 4 atom stereocenters. The van der Waals surface area contributed by atoms with Crippen molar-refractivity contribution in [1.82, 2.24) is 15.1 Å². The summed E-state index contributed by atoms with van der Waals surface area (Å²) in [5, 5.41) is 13.7. The fourth-order valence-electron chi connectivity index (χ4n) is 9.09. The lowest BCUT2D eigenvalue weighted by Crippen LogP contribution is -2.41. The maximum atomic E-state index is 14.2. The van der Waals surface area contributed by atoms with Gasteiger partial charge in [0.25, 0.3) is 5.91 Å². The number of anilines is 1. The number of amides is 2. The summed E-state index contributed by atoms with van der Waals surface area (Å²) < 4.78 is 11.2. The number of aliphatic hydroxyl groups is 1. The van der Waals surface area contributed by atoms with Crippen molar-refractivity contribution in [2.24, 2.45) is 11.8 Å². The van der Waals surface area contributed by atoms with Gasteiger partial charge in [0, 0.05) is 75.8 Å². The van der Waals surface area contributed by atoms with E-state index in [4.69, 9.17) is 9.47 Å². The third kappa shape index (κ3) is 7.27. The molecule has 0 saturated carbocycles. The van der Waals surface area contributed by atoms with Crippen molar-refractivity contribution in [2.75, 3.05) is 64.1 Å². The molecular weight excluding hydrogens is 616 g/mol. The summed E-state index contributed by atoms with van der Waals surface area (Å²) in [6.45, 7) is 15.4. The van der Waals surface area contributed by atoms with Crippen LogP contribution in [0.3, 0.4) is 0 Å².